The van der Waals surface area contributed by atoms with Crippen molar-refractivity contribution < 1.29 is 19.4 Å². The van der Waals surface area contributed by atoms with Crippen LogP contribution in [-0.4, -0.2) is 47.3 Å². The number of fused-ring (bicyclic) bond motifs is 1. The highest BCUT2D eigenvalue weighted by molar-refractivity contribution is 9.10. The predicted octanol–water partition coefficient (Wildman–Crippen LogP) is 2.01. The first kappa shape index (κ1) is 15.0. The van der Waals surface area contributed by atoms with Gasteiger partial charge in [-0.15, -0.1) is 0 Å². The van der Waals surface area contributed by atoms with Gasteiger partial charge in [0.1, 0.15) is 5.58 Å². The second kappa shape index (κ2) is 6.88. The zero-order valence-electron chi connectivity index (χ0n) is 10.9. The van der Waals surface area contributed by atoms with Crippen molar-refractivity contribution in [2.45, 2.75) is 6.42 Å². The maximum Gasteiger partial charge on any atom is 0.289 e. The molecule has 0 saturated heterocycles. The quantitative estimate of drug-likeness (QED) is 0.842. The highest BCUT2D eigenvalue weighted by Crippen LogP contribution is 2.27. The van der Waals surface area contributed by atoms with Gasteiger partial charge in [-0.25, -0.2) is 0 Å². The largest absolute Gasteiger partial charge is 0.450 e. The maximum absolute atomic E-state index is 12.3. The third-order valence-electron chi connectivity index (χ3n) is 2.95. The third kappa shape index (κ3) is 3.20. The van der Waals surface area contributed by atoms with Crippen LogP contribution < -0.4 is 0 Å². The molecule has 0 aliphatic heterocycles. The summed E-state index contributed by atoms with van der Waals surface area (Å²) in [5.74, 6) is -0.0473. The Labute approximate surface area is 124 Å². The molecular weight excluding hydrogens is 326 g/mol. The summed E-state index contributed by atoms with van der Waals surface area (Å²) in [6.07, 6.45) is 0.468. The van der Waals surface area contributed by atoms with Gasteiger partial charge < -0.3 is 19.5 Å². The number of nitrogens with zero attached hydrogens (tertiary/aromatic N) is 1. The highest BCUT2D eigenvalue weighted by atomic mass is 79.9. The van der Waals surface area contributed by atoms with E-state index in [1.54, 1.807) is 6.07 Å². The smallest absolute Gasteiger partial charge is 0.289 e. The molecule has 2 N–H and O–H groups in total. The van der Waals surface area contributed by atoms with E-state index in [0.717, 1.165) is 9.86 Å². The first-order valence-electron chi connectivity index (χ1n) is 6.36. The average molecular weight is 342 g/mol. The number of para-hydroxylation sites is 1. The number of aliphatic hydroxyl groups is 2. The van der Waals surface area contributed by atoms with Crippen molar-refractivity contribution in [3.63, 3.8) is 0 Å². The van der Waals surface area contributed by atoms with Crippen LogP contribution in [0.1, 0.15) is 17.0 Å². The van der Waals surface area contributed by atoms with Gasteiger partial charge in [0.05, 0.1) is 11.1 Å². The molecule has 20 heavy (non-hydrogen) atoms. The minimum atomic E-state index is -0.282. The van der Waals surface area contributed by atoms with Crippen LogP contribution in [0.2, 0.25) is 0 Å². The van der Waals surface area contributed by atoms with Crippen LogP contribution in [0.15, 0.2) is 33.2 Å². The molecule has 0 spiro atoms. The van der Waals surface area contributed by atoms with Crippen molar-refractivity contribution in [1.82, 2.24) is 4.90 Å². The zero-order valence-corrected chi connectivity index (χ0v) is 12.5. The Hall–Kier alpha value is -1.37. The fourth-order valence-corrected chi connectivity index (χ4v) is 2.45. The van der Waals surface area contributed by atoms with Gasteiger partial charge in [-0.3, -0.25) is 4.79 Å². The topological polar surface area (TPSA) is 73.9 Å². The Bertz CT molecular complexity index is 596. The second-order valence-corrected chi connectivity index (χ2v) is 5.22. The molecule has 6 heteroatoms. The Balaban J connectivity index is 2.26. The van der Waals surface area contributed by atoms with Gasteiger partial charge in [-0.1, -0.05) is 12.1 Å². The maximum atomic E-state index is 12.3. The summed E-state index contributed by atoms with van der Waals surface area (Å²) in [6, 6.07) is 7.26. The molecule has 2 rings (SSSR count). The van der Waals surface area contributed by atoms with Crippen LogP contribution in [0.5, 0.6) is 0 Å². The number of halogens is 1. The lowest BCUT2D eigenvalue weighted by atomic mass is 10.2. The third-order valence-corrected chi connectivity index (χ3v) is 3.57. The van der Waals surface area contributed by atoms with Gasteiger partial charge in [0, 0.05) is 25.1 Å². The summed E-state index contributed by atoms with van der Waals surface area (Å²) in [7, 11) is 0. The first-order valence-corrected chi connectivity index (χ1v) is 7.15. The number of rotatable bonds is 6. The first-order chi connectivity index (χ1) is 9.67. The normalized spacial score (nSPS) is 10.9. The minimum Gasteiger partial charge on any atom is -0.450 e. The number of hydrogen-bond donors (Lipinski definition) is 2. The number of amides is 1. The molecule has 0 atom stereocenters. The van der Waals surface area contributed by atoms with Crippen LogP contribution in [-0.2, 0) is 0 Å². The van der Waals surface area contributed by atoms with Crippen LogP contribution in [0.25, 0.3) is 11.0 Å². The Kier molecular flexibility index (Phi) is 5.17. The van der Waals surface area contributed by atoms with Gasteiger partial charge in [-0.05, 0) is 34.5 Å². The average Bonchev–Trinajstić information content (AvgIpc) is 2.88. The van der Waals surface area contributed by atoms with E-state index in [2.05, 4.69) is 15.9 Å². The van der Waals surface area contributed by atoms with E-state index in [-0.39, 0.29) is 31.4 Å². The molecule has 0 bridgehead atoms. The van der Waals surface area contributed by atoms with Crippen LogP contribution in [0.3, 0.4) is 0 Å². The molecule has 5 nitrogen and oxygen atoms in total. The molecule has 0 saturated carbocycles. The van der Waals surface area contributed by atoms with E-state index in [0.29, 0.717) is 18.5 Å². The molecule has 0 radical (unpaired) electrons. The van der Waals surface area contributed by atoms with Crippen molar-refractivity contribution in [2.75, 3.05) is 26.3 Å². The zero-order chi connectivity index (χ0) is 14.5. The molecule has 1 amide bonds. The van der Waals surface area contributed by atoms with Crippen molar-refractivity contribution in [1.29, 1.82) is 0 Å². The minimum absolute atomic E-state index is 0.000880. The van der Waals surface area contributed by atoms with E-state index >= 15 is 0 Å². The number of aliphatic hydroxyl groups excluding tert-OH is 2. The SMILES string of the molecule is O=C(c1cc2cccc(Br)c2o1)N(CCO)CCCO. The molecular formula is C14H16BrNO4. The monoisotopic (exact) mass is 341 g/mol. The number of furan rings is 1. The number of carbonyl (C=O) groups excluding carboxylic acids is 1. The molecule has 1 aromatic carbocycles. The van der Waals surface area contributed by atoms with Crippen LogP contribution >= 0.6 is 15.9 Å². The number of carbonyl (C=O) groups is 1. The molecule has 2 aromatic rings. The Morgan fingerprint density at radius 3 is 2.70 bits per heavy atom. The van der Waals surface area contributed by atoms with E-state index in [9.17, 15) is 4.79 Å². The lowest BCUT2D eigenvalue weighted by Crippen LogP contribution is -2.34. The molecule has 1 aromatic heterocycles. The lowest BCUT2D eigenvalue weighted by Gasteiger charge is -2.19. The molecule has 0 unspecified atom stereocenters. The van der Waals surface area contributed by atoms with E-state index in [4.69, 9.17) is 14.6 Å². The lowest BCUT2D eigenvalue weighted by molar-refractivity contribution is 0.0681. The van der Waals surface area contributed by atoms with Gasteiger partial charge in [0.15, 0.2) is 5.76 Å². The summed E-state index contributed by atoms with van der Waals surface area (Å²) in [5, 5.41) is 18.7. The highest BCUT2D eigenvalue weighted by Gasteiger charge is 2.19. The summed E-state index contributed by atoms with van der Waals surface area (Å²) >= 11 is 3.38. The van der Waals surface area contributed by atoms with Gasteiger partial charge in [-0.2, -0.15) is 0 Å². The molecule has 1 heterocycles. The van der Waals surface area contributed by atoms with Crippen molar-refractivity contribution in [3.8, 4) is 0 Å². The summed E-state index contributed by atoms with van der Waals surface area (Å²) in [5.41, 5.74) is 0.627. The standard InChI is InChI=1S/C14H16BrNO4/c15-11-4-1-3-10-9-12(20-13(10)11)14(19)16(6-8-18)5-2-7-17/h1,3-4,9,17-18H,2,5-8H2. The molecule has 0 aliphatic carbocycles. The van der Waals surface area contributed by atoms with Crippen molar-refractivity contribution in [3.05, 3.63) is 34.5 Å². The van der Waals surface area contributed by atoms with Gasteiger partial charge in [0.2, 0.25) is 0 Å². The summed E-state index contributed by atoms with van der Waals surface area (Å²) in [4.78, 5) is 13.8. The van der Waals surface area contributed by atoms with Crippen molar-refractivity contribution >= 4 is 32.8 Å². The predicted molar refractivity (Wildman–Crippen MR) is 78.6 cm³/mol. The second-order valence-electron chi connectivity index (χ2n) is 4.36. The summed E-state index contributed by atoms with van der Waals surface area (Å²) in [6.45, 7) is 0.479. The fourth-order valence-electron chi connectivity index (χ4n) is 1.99. The molecule has 0 aliphatic rings. The van der Waals surface area contributed by atoms with Gasteiger partial charge >= 0.3 is 0 Å². The van der Waals surface area contributed by atoms with Crippen LogP contribution in [0.4, 0.5) is 0 Å². The van der Waals surface area contributed by atoms with Gasteiger partial charge in [0.25, 0.3) is 5.91 Å². The van der Waals surface area contributed by atoms with Crippen molar-refractivity contribution in [2.24, 2.45) is 0 Å². The Morgan fingerprint density at radius 2 is 2.05 bits per heavy atom. The number of hydrogen-bond acceptors (Lipinski definition) is 4. The molecule has 108 valence electrons. The summed E-state index contributed by atoms with van der Waals surface area (Å²) < 4.78 is 6.38. The van der Waals surface area contributed by atoms with E-state index < -0.39 is 0 Å². The fraction of sp³-hybridized carbons (Fsp3) is 0.357. The van der Waals surface area contributed by atoms with Crippen LogP contribution in [0, 0.1) is 0 Å². The number of benzene rings is 1. The van der Waals surface area contributed by atoms with E-state index in [1.165, 1.54) is 4.90 Å². The molecule has 0 fully saturated rings. The van der Waals surface area contributed by atoms with E-state index in [1.807, 2.05) is 18.2 Å². The Morgan fingerprint density at radius 1 is 1.25 bits per heavy atom.